The van der Waals surface area contributed by atoms with E-state index in [9.17, 15) is 9.59 Å². The van der Waals surface area contributed by atoms with E-state index in [0.717, 1.165) is 11.1 Å². The number of halogens is 1. The number of carbonyl (C=O) groups excluding carboxylic acids is 2. The maximum Gasteiger partial charge on any atom is 0.290 e. The van der Waals surface area contributed by atoms with Gasteiger partial charge in [0.1, 0.15) is 5.75 Å². The van der Waals surface area contributed by atoms with E-state index in [0.29, 0.717) is 16.5 Å². The lowest BCUT2D eigenvalue weighted by atomic mass is 10.1. The van der Waals surface area contributed by atoms with Crippen molar-refractivity contribution in [1.82, 2.24) is 20.6 Å². The molecule has 0 bridgehead atoms. The Balaban J connectivity index is 1.52. The normalized spacial score (nSPS) is 10.4. The lowest BCUT2D eigenvalue weighted by Crippen LogP contribution is -2.44. The van der Waals surface area contributed by atoms with E-state index in [-0.39, 0.29) is 12.3 Å². The summed E-state index contributed by atoms with van der Waals surface area (Å²) in [5, 5.41) is 4.68. The van der Waals surface area contributed by atoms with Crippen LogP contribution in [0.3, 0.4) is 0 Å². The molecule has 0 atom stereocenters. The lowest BCUT2D eigenvalue weighted by molar-refractivity contribution is -0.123. The van der Waals surface area contributed by atoms with Gasteiger partial charge in [-0.1, -0.05) is 29.8 Å². The molecule has 0 saturated carbocycles. The summed E-state index contributed by atoms with van der Waals surface area (Å²) in [6.45, 7) is 3.73. The fourth-order valence-corrected chi connectivity index (χ4v) is 2.62. The Kier molecular flexibility index (Phi) is 5.96. The number of para-hydroxylation sites is 1. The number of benzene rings is 2. The van der Waals surface area contributed by atoms with E-state index >= 15 is 0 Å². The Morgan fingerprint density at radius 2 is 1.86 bits per heavy atom. The van der Waals surface area contributed by atoms with Gasteiger partial charge >= 0.3 is 0 Å². The topological polar surface area (TPSA) is 85.3 Å². The lowest BCUT2D eigenvalue weighted by Gasteiger charge is -2.09. The molecule has 0 aliphatic carbocycles. The second-order valence-electron chi connectivity index (χ2n) is 6.13. The Bertz CT molecular complexity index is 1020. The third-order valence-corrected chi connectivity index (χ3v) is 4.40. The molecule has 0 radical (unpaired) electrons. The summed E-state index contributed by atoms with van der Waals surface area (Å²) >= 11 is 6.12. The zero-order chi connectivity index (χ0) is 20.1. The van der Waals surface area contributed by atoms with Crippen molar-refractivity contribution in [2.24, 2.45) is 0 Å². The number of aromatic nitrogens is 2. The summed E-state index contributed by atoms with van der Waals surface area (Å²) in [7, 11) is 0. The molecule has 7 nitrogen and oxygen atoms in total. The monoisotopic (exact) mass is 398 g/mol. The summed E-state index contributed by atoms with van der Waals surface area (Å²) < 4.78 is 6.91. The molecule has 28 heavy (non-hydrogen) atoms. The van der Waals surface area contributed by atoms with Crippen LogP contribution in [-0.2, 0) is 4.79 Å². The van der Waals surface area contributed by atoms with Crippen molar-refractivity contribution in [3.8, 4) is 11.4 Å². The first-order chi connectivity index (χ1) is 13.4. The minimum absolute atomic E-state index is 0.135. The Labute approximate surface area is 167 Å². The molecular weight excluding hydrogens is 380 g/mol. The third-order valence-electron chi connectivity index (χ3n) is 4.08. The fourth-order valence-electron chi connectivity index (χ4n) is 2.40. The van der Waals surface area contributed by atoms with Gasteiger partial charge in [-0.2, -0.15) is 5.10 Å². The summed E-state index contributed by atoms with van der Waals surface area (Å²) in [6, 6.07) is 14.2. The molecular formula is C20H19ClN4O3. The number of nitrogens with zero attached hydrogens (tertiary/aromatic N) is 2. The van der Waals surface area contributed by atoms with Crippen molar-refractivity contribution in [1.29, 1.82) is 0 Å². The van der Waals surface area contributed by atoms with E-state index < -0.39 is 11.8 Å². The number of aryl methyl sites for hydroxylation is 2. The Morgan fingerprint density at radius 1 is 1.07 bits per heavy atom. The highest BCUT2D eigenvalue weighted by Gasteiger charge is 2.12. The van der Waals surface area contributed by atoms with Gasteiger partial charge in [-0.05, 0) is 55.3 Å². The highest BCUT2D eigenvalue weighted by Crippen LogP contribution is 2.19. The molecule has 1 heterocycles. The molecule has 1 aromatic heterocycles. The fraction of sp³-hybridized carbons (Fsp3) is 0.150. The van der Waals surface area contributed by atoms with E-state index in [2.05, 4.69) is 16.0 Å². The molecule has 3 rings (SSSR count). The average Bonchev–Trinajstić information content (AvgIpc) is 3.17. The number of rotatable bonds is 5. The zero-order valence-corrected chi connectivity index (χ0v) is 16.2. The Morgan fingerprint density at radius 3 is 2.61 bits per heavy atom. The van der Waals surface area contributed by atoms with Crippen LogP contribution in [0.2, 0.25) is 5.02 Å². The van der Waals surface area contributed by atoms with Crippen LogP contribution < -0.4 is 15.6 Å². The maximum atomic E-state index is 12.2. The first kappa shape index (κ1) is 19.4. The minimum atomic E-state index is -0.551. The van der Waals surface area contributed by atoms with Crippen molar-refractivity contribution in [3.05, 3.63) is 76.6 Å². The number of hydrogen-bond acceptors (Lipinski definition) is 4. The van der Waals surface area contributed by atoms with E-state index in [1.807, 2.05) is 32.0 Å². The number of hydrogen-bond donors (Lipinski definition) is 2. The summed E-state index contributed by atoms with van der Waals surface area (Å²) in [4.78, 5) is 24.0. The SMILES string of the molecule is Cc1ccc(OCC(=O)NNC(=O)c2ccn(-c3ccccc3Cl)n2)cc1C. The summed E-state index contributed by atoms with van der Waals surface area (Å²) in [5.74, 6) is -0.453. The highest BCUT2D eigenvalue weighted by molar-refractivity contribution is 6.32. The van der Waals surface area contributed by atoms with Gasteiger partial charge in [0.15, 0.2) is 12.3 Å². The largest absolute Gasteiger partial charge is 0.484 e. The third kappa shape index (κ3) is 4.69. The summed E-state index contributed by atoms with van der Waals surface area (Å²) in [6.07, 6.45) is 1.61. The van der Waals surface area contributed by atoms with Crippen LogP contribution in [0.15, 0.2) is 54.7 Å². The van der Waals surface area contributed by atoms with Gasteiger partial charge in [-0.3, -0.25) is 20.4 Å². The number of ether oxygens (including phenoxy) is 1. The van der Waals surface area contributed by atoms with E-state index in [1.165, 1.54) is 10.7 Å². The zero-order valence-electron chi connectivity index (χ0n) is 15.4. The minimum Gasteiger partial charge on any atom is -0.484 e. The van der Waals surface area contributed by atoms with Gasteiger partial charge in [0.05, 0.1) is 10.7 Å². The van der Waals surface area contributed by atoms with Crippen LogP contribution >= 0.6 is 11.6 Å². The quantitative estimate of drug-likeness (QED) is 0.647. The van der Waals surface area contributed by atoms with Crippen LogP contribution in [0, 0.1) is 13.8 Å². The van der Waals surface area contributed by atoms with Crippen molar-refractivity contribution in [3.63, 3.8) is 0 Å². The number of carbonyl (C=O) groups is 2. The van der Waals surface area contributed by atoms with Crippen LogP contribution in [0.25, 0.3) is 5.69 Å². The molecule has 2 N–H and O–H groups in total. The molecule has 2 amide bonds. The van der Waals surface area contributed by atoms with Crippen LogP contribution in [0.4, 0.5) is 0 Å². The summed E-state index contributed by atoms with van der Waals surface area (Å²) in [5.41, 5.74) is 7.60. The smallest absolute Gasteiger partial charge is 0.290 e. The molecule has 144 valence electrons. The second-order valence-corrected chi connectivity index (χ2v) is 6.54. The standard InChI is InChI=1S/C20H19ClN4O3/c1-13-7-8-15(11-14(13)2)28-12-19(26)22-23-20(27)17-9-10-25(24-17)18-6-4-3-5-16(18)21/h3-11H,12H2,1-2H3,(H,22,26)(H,23,27). The molecule has 8 heteroatoms. The second kappa shape index (κ2) is 8.58. The molecule has 0 unspecified atom stereocenters. The van der Waals surface area contributed by atoms with Gasteiger partial charge in [0.2, 0.25) is 0 Å². The van der Waals surface area contributed by atoms with Gasteiger partial charge in [-0.15, -0.1) is 0 Å². The molecule has 0 saturated heterocycles. The average molecular weight is 399 g/mol. The number of nitrogens with one attached hydrogen (secondary N) is 2. The van der Waals surface area contributed by atoms with Crippen molar-refractivity contribution in [2.45, 2.75) is 13.8 Å². The maximum absolute atomic E-state index is 12.2. The molecule has 0 aliphatic heterocycles. The Hall–Kier alpha value is -3.32. The predicted octanol–water partition coefficient (Wildman–Crippen LogP) is 2.98. The van der Waals surface area contributed by atoms with Gasteiger partial charge < -0.3 is 4.74 Å². The predicted molar refractivity (Wildman–Crippen MR) is 106 cm³/mol. The first-order valence-corrected chi connectivity index (χ1v) is 8.91. The molecule has 3 aromatic rings. The van der Waals surface area contributed by atoms with Crippen molar-refractivity contribution < 1.29 is 14.3 Å². The number of amides is 2. The van der Waals surface area contributed by atoms with Crippen LogP contribution in [0.5, 0.6) is 5.75 Å². The van der Waals surface area contributed by atoms with Crippen LogP contribution in [-0.4, -0.2) is 28.2 Å². The van der Waals surface area contributed by atoms with Crippen LogP contribution in [0.1, 0.15) is 21.6 Å². The number of hydrazine groups is 1. The highest BCUT2D eigenvalue weighted by atomic mass is 35.5. The van der Waals surface area contributed by atoms with Crippen molar-refractivity contribution in [2.75, 3.05) is 6.61 Å². The molecule has 2 aromatic carbocycles. The first-order valence-electron chi connectivity index (χ1n) is 8.54. The molecule has 0 aliphatic rings. The van der Waals surface area contributed by atoms with E-state index in [4.69, 9.17) is 16.3 Å². The van der Waals surface area contributed by atoms with Gasteiger partial charge in [0.25, 0.3) is 11.8 Å². The van der Waals surface area contributed by atoms with E-state index in [1.54, 1.807) is 30.5 Å². The molecule has 0 spiro atoms. The molecule has 0 fully saturated rings. The van der Waals surface area contributed by atoms with Crippen molar-refractivity contribution >= 4 is 23.4 Å². The van der Waals surface area contributed by atoms with Gasteiger partial charge in [0, 0.05) is 6.20 Å². The van der Waals surface area contributed by atoms with Gasteiger partial charge in [-0.25, -0.2) is 4.68 Å².